The van der Waals surface area contributed by atoms with Gasteiger partial charge < -0.3 is 15.6 Å². The molecule has 0 saturated carbocycles. The van der Waals surface area contributed by atoms with Gasteiger partial charge in [-0.25, -0.2) is 9.78 Å². The van der Waals surface area contributed by atoms with Crippen LogP contribution in [-0.4, -0.2) is 42.7 Å². The van der Waals surface area contributed by atoms with Crippen molar-refractivity contribution in [3.8, 4) is 0 Å². The van der Waals surface area contributed by atoms with Crippen molar-refractivity contribution in [3.63, 3.8) is 0 Å². The summed E-state index contributed by atoms with van der Waals surface area (Å²) in [6.45, 7) is 4.79. The van der Waals surface area contributed by atoms with Crippen LogP contribution in [0.2, 0.25) is 0 Å². The van der Waals surface area contributed by atoms with Gasteiger partial charge in [-0.2, -0.15) is 12.6 Å². The molecule has 0 spiro atoms. The van der Waals surface area contributed by atoms with E-state index < -0.39 is 38.3 Å². The highest BCUT2D eigenvalue weighted by molar-refractivity contribution is 8.02. The SMILES string of the molecule is CC(C)(C)OC(=O)C(S)C(N)(Sc1ncccc1[N+](=O)[O-])C(=O)O. The smallest absolute Gasteiger partial charge is 0.336 e. The Kier molecular flexibility index (Phi) is 6.20. The predicted octanol–water partition coefficient (Wildman–Crippen LogP) is 1.46. The van der Waals surface area contributed by atoms with Gasteiger partial charge in [0.1, 0.15) is 10.9 Å². The second-order valence-corrected chi connectivity index (χ2v) is 7.50. The van der Waals surface area contributed by atoms with Crippen molar-refractivity contribution in [1.29, 1.82) is 0 Å². The van der Waals surface area contributed by atoms with Gasteiger partial charge in [0.2, 0.25) is 0 Å². The van der Waals surface area contributed by atoms with Crippen molar-refractivity contribution >= 4 is 42.0 Å². The number of nitrogens with two attached hydrogens (primary N) is 1. The summed E-state index contributed by atoms with van der Waals surface area (Å²) in [4.78, 5) is 35.5. The molecule has 0 bridgehead atoms. The number of carbonyl (C=O) groups is 2. The lowest BCUT2D eigenvalue weighted by Crippen LogP contribution is -2.56. The molecule has 0 aliphatic rings. The highest BCUT2D eigenvalue weighted by Crippen LogP contribution is 2.38. The van der Waals surface area contributed by atoms with Gasteiger partial charge in [0.25, 0.3) is 0 Å². The molecule has 2 atom stereocenters. The van der Waals surface area contributed by atoms with Gasteiger partial charge in [0, 0.05) is 12.3 Å². The summed E-state index contributed by atoms with van der Waals surface area (Å²) in [6.07, 6.45) is 1.25. The second-order valence-electron chi connectivity index (χ2n) is 5.72. The van der Waals surface area contributed by atoms with Crippen molar-refractivity contribution in [2.45, 2.75) is 41.5 Å². The molecule has 1 aromatic heterocycles. The molecule has 0 aliphatic carbocycles. The van der Waals surface area contributed by atoms with E-state index >= 15 is 0 Å². The number of hydrogen-bond donors (Lipinski definition) is 3. The molecule has 0 aromatic carbocycles. The number of nitro groups is 1. The number of nitrogens with zero attached hydrogens (tertiary/aromatic N) is 2. The first kappa shape index (κ1) is 20.2. The Morgan fingerprint density at radius 3 is 2.54 bits per heavy atom. The molecule has 24 heavy (non-hydrogen) atoms. The Balaban J connectivity index is 3.20. The van der Waals surface area contributed by atoms with Gasteiger partial charge >= 0.3 is 17.6 Å². The number of carboxylic acid groups (broad SMARTS) is 1. The fourth-order valence-corrected chi connectivity index (χ4v) is 2.81. The number of carboxylic acids is 1. The van der Waals surface area contributed by atoms with Crippen LogP contribution in [0.5, 0.6) is 0 Å². The van der Waals surface area contributed by atoms with E-state index in [9.17, 15) is 24.8 Å². The van der Waals surface area contributed by atoms with Gasteiger partial charge in [0.15, 0.2) is 9.90 Å². The van der Waals surface area contributed by atoms with E-state index in [0.29, 0.717) is 11.8 Å². The largest absolute Gasteiger partial charge is 0.479 e. The first-order valence-electron chi connectivity index (χ1n) is 6.60. The minimum atomic E-state index is -2.31. The Bertz CT molecular complexity index is 663. The van der Waals surface area contributed by atoms with Gasteiger partial charge in [-0.15, -0.1) is 0 Å². The average molecular weight is 375 g/mol. The van der Waals surface area contributed by atoms with Crippen LogP contribution in [0.25, 0.3) is 0 Å². The normalized spacial score (nSPS) is 15.2. The molecule has 0 fully saturated rings. The summed E-state index contributed by atoms with van der Waals surface area (Å²) in [5, 5.41) is 18.6. The summed E-state index contributed by atoms with van der Waals surface area (Å²) in [7, 11) is 0. The standard InChI is InChI=1S/C13H17N3O6S2/c1-12(2,3)22-10(17)8(23)13(14,11(18)19)24-9-7(16(20)21)5-4-6-15-9/h4-6,8,23H,14H2,1-3H3,(H,18,19). The predicted molar refractivity (Wildman–Crippen MR) is 89.9 cm³/mol. The number of rotatable bonds is 6. The van der Waals surface area contributed by atoms with Gasteiger partial charge in [-0.05, 0) is 26.8 Å². The third-order valence-corrected chi connectivity index (χ3v) is 4.63. The zero-order chi connectivity index (χ0) is 18.7. The number of aliphatic carboxylic acids is 1. The summed E-state index contributed by atoms with van der Waals surface area (Å²) in [6, 6.07) is 2.48. The Morgan fingerprint density at radius 1 is 1.50 bits per heavy atom. The molecule has 0 aliphatic heterocycles. The fraction of sp³-hybridized carbons (Fsp3) is 0.462. The number of pyridine rings is 1. The first-order chi connectivity index (χ1) is 10.9. The van der Waals surface area contributed by atoms with E-state index in [4.69, 9.17) is 10.5 Å². The molecule has 11 heteroatoms. The molecule has 1 rings (SSSR count). The van der Waals surface area contributed by atoms with Crippen LogP contribution in [0, 0.1) is 10.1 Å². The van der Waals surface area contributed by atoms with Crippen LogP contribution >= 0.6 is 24.4 Å². The lowest BCUT2D eigenvalue weighted by molar-refractivity contribution is -0.388. The molecule has 0 saturated heterocycles. The van der Waals surface area contributed by atoms with Gasteiger partial charge in [-0.3, -0.25) is 14.9 Å². The fourth-order valence-electron chi connectivity index (χ4n) is 1.51. The van der Waals surface area contributed by atoms with E-state index in [1.165, 1.54) is 12.3 Å². The molecular weight excluding hydrogens is 358 g/mol. The van der Waals surface area contributed by atoms with Crippen molar-refractivity contribution in [2.24, 2.45) is 5.73 Å². The summed E-state index contributed by atoms with van der Waals surface area (Å²) < 4.78 is 5.08. The maximum Gasteiger partial charge on any atom is 0.336 e. The molecule has 2 unspecified atom stereocenters. The van der Waals surface area contributed by atoms with E-state index in [1.54, 1.807) is 20.8 Å². The zero-order valence-corrected chi connectivity index (χ0v) is 14.8. The van der Waals surface area contributed by atoms with Crippen molar-refractivity contribution in [2.75, 3.05) is 0 Å². The third-order valence-electron chi connectivity index (χ3n) is 2.58. The Morgan fingerprint density at radius 2 is 2.08 bits per heavy atom. The monoisotopic (exact) mass is 375 g/mol. The summed E-state index contributed by atoms with van der Waals surface area (Å²) in [5.74, 6) is -2.54. The van der Waals surface area contributed by atoms with E-state index in [1.807, 2.05) is 0 Å². The molecule has 1 aromatic rings. The first-order valence-corrected chi connectivity index (χ1v) is 7.93. The highest BCUT2D eigenvalue weighted by atomic mass is 32.2. The number of ether oxygens (including phenoxy) is 1. The van der Waals surface area contributed by atoms with Crippen LogP contribution in [0.1, 0.15) is 20.8 Å². The molecule has 0 radical (unpaired) electrons. The van der Waals surface area contributed by atoms with Crippen LogP contribution in [-0.2, 0) is 14.3 Å². The third kappa shape index (κ3) is 4.82. The van der Waals surface area contributed by atoms with Crippen molar-refractivity contribution in [3.05, 3.63) is 28.4 Å². The molecule has 3 N–H and O–H groups in total. The number of hydrogen-bond acceptors (Lipinski definition) is 9. The van der Waals surface area contributed by atoms with Crippen LogP contribution in [0.15, 0.2) is 23.4 Å². The maximum absolute atomic E-state index is 12.1. The molecular formula is C13H17N3O6S2. The maximum atomic E-state index is 12.1. The second kappa shape index (κ2) is 7.36. The van der Waals surface area contributed by atoms with E-state index in [-0.39, 0.29) is 5.03 Å². The topological polar surface area (TPSA) is 146 Å². The summed E-state index contributed by atoms with van der Waals surface area (Å²) >= 11 is 4.34. The number of aromatic nitrogens is 1. The van der Waals surface area contributed by atoms with Gasteiger partial charge in [-0.1, -0.05) is 11.8 Å². The number of thioether (sulfide) groups is 1. The lowest BCUT2D eigenvalue weighted by Gasteiger charge is -2.30. The minimum absolute atomic E-state index is 0.241. The van der Waals surface area contributed by atoms with Crippen molar-refractivity contribution in [1.82, 2.24) is 4.98 Å². The molecule has 0 amide bonds. The number of carbonyl (C=O) groups excluding carboxylic acids is 1. The Labute approximate surface area is 147 Å². The van der Waals surface area contributed by atoms with Gasteiger partial charge in [0.05, 0.1) is 4.92 Å². The van der Waals surface area contributed by atoms with E-state index in [2.05, 4.69) is 17.6 Å². The van der Waals surface area contributed by atoms with Crippen LogP contribution in [0.4, 0.5) is 5.69 Å². The van der Waals surface area contributed by atoms with Crippen molar-refractivity contribution < 1.29 is 24.4 Å². The Hall–Kier alpha value is -1.85. The summed E-state index contributed by atoms with van der Waals surface area (Å²) in [5.41, 5.74) is 4.53. The highest BCUT2D eigenvalue weighted by Gasteiger charge is 2.49. The average Bonchev–Trinajstić information content (AvgIpc) is 2.44. The van der Waals surface area contributed by atoms with Crippen LogP contribution < -0.4 is 5.73 Å². The number of thiol groups is 1. The quantitative estimate of drug-likeness (QED) is 0.168. The van der Waals surface area contributed by atoms with Crippen LogP contribution in [0.3, 0.4) is 0 Å². The molecule has 9 nitrogen and oxygen atoms in total. The van der Waals surface area contributed by atoms with E-state index in [0.717, 1.165) is 6.07 Å². The molecule has 132 valence electrons. The zero-order valence-electron chi connectivity index (χ0n) is 13.1. The number of esters is 1. The molecule has 1 heterocycles. The lowest BCUT2D eigenvalue weighted by atomic mass is 10.1. The minimum Gasteiger partial charge on any atom is -0.479 e.